The number of aromatic amines is 1. The molecule has 0 radical (unpaired) electrons. The Morgan fingerprint density at radius 1 is 1.62 bits per heavy atom. The van der Waals surface area contributed by atoms with Gasteiger partial charge in [-0.2, -0.15) is 5.10 Å². The van der Waals surface area contributed by atoms with Crippen molar-refractivity contribution in [2.24, 2.45) is 0 Å². The molecule has 0 aromatic carbocycles. The zero-order chi connectivity index (χ0) is 14.8. The average molecular weight is 290 g/mol. The van der Waals surface area contributed by atoms with Gasteiger partial charge in [0.1, 0.15) is 5.82 Å². The van der Waals surface area contributed by atoms with E-state index in [1.165, 1.54) is 0 Å². The minimum Gasteiger partial charge on any atom is -0.394 e. The third kappa shape index (κ3) is 2.66. The summed E-state index contributed by atoms with van der Waals surface area (Å²) in [5.41, 5.74) is 2.11. The first-order valence-electron chi connectivity index (χ1n) is 7.04. The van der Waals surface area contributed by atoms with Crippen LogP contribution < -0.4 is 5.32 Å². The van der Waals surface area contributed by atoms with Crippen molar-refractivity contribution < 1.29 is 9.90 Å². The van der Waals surface area contributed by atoms with Gasteiger partial charge in [-0.1, -0.05) is 0 Å². The molecule has 0 bridgehead atoms. The molecule has 112 valence electrons. The molecule has 3 rings (SSSR count). The Kier molecular flexibility index (Phi) is 3.70. The highest BCUT2D eigenvalue weighted by atomic mass is 16.3. The third-order valence-corrected chi connectivity index (χ3v) is 3.68. The number of carbonyl (C=O) groups excluding carboxylic acids is 1. The quantitative estimate of drug-likeness (QED) is 0.740. The molecule has 2 heterocycles. The lowest BCUT2D eigenvalue weighted by atomic mass is 9.93. The van der Waals surface area contributed by atoms with Crippen LogP contribution in [0, 0.1) is 6.92 Å². The summed E-state index contributed by atoms with van der Waals surface area (Å²) in [5, 5.41) is 22.8. The fourth-order valence-electron chi connectivity index (χ4n) is 2.72. The Morgan fingerprint density at radius 3 is 3.19 bits per heavy atom. The first-order chi connectivity index (χ1) is 10.2. The minimum absolute atomic E-state index is 0.0572. The van der Waals surface area contributed by atoms with Crippen LogP contribution in [-0.2, 0) is 13.0 Å². The summed E-state index contributed by atoms with van der Waals surface area (Å²) in [7, 11) is 0. The van der Waals surface area contributed by atoms with E-state index in [1.807, 2.05) is 4.68 Å². The van der Waals surface area contributed by atoms with E-state index in [-0.39, 0.29) is 24.4 Å². The summed E-state index contributed by atoms with van der Waals surface area (Å²) in [4.78, 5) is 16.2. The van der Waals surface area contributed by atoms with Crippen LogP contribution in [0.1, 0.15) is 46.6 Å². The first kappa shape index (κ1) is 13.7. The van der Waals surface area contributed by atoms with Crippen molar-refractivity contribution >= 4 is 5.91 Å². The lowest BCUT2D eigenvalue weighted by molar-refractivity contribution is 0.0922. The highest BCUT2D eigenvalue weighted by Crippen LogP contribution is 2.29. The van der Waals surface area contributed by atoms with Gasteiger partial charge in [-0.05, 0) is 26.2 Å². The summed E-state index contributed by atoms with van der Waals surface area (Å²) in [6, 6.07) is -0.0764. The number of nitrogens with zero attached hydrogens (tertiary/aromatic N) is 4. The van der Waals surface area contributed by atoms with E-state index in [0.29, 0.717) is 12.4 Å². The van der Waals surface area contributed by atoms with Gasteiger partial charge in [0.25, 0.3) is 5.91 Å². The van der Waals surface area contributed by atoms with Crippen molar-refractivity contribution in [2.45, 2.75) is 38.8 Å². The molecule has 0 spiro atoms. The number of nitrogens with one attached hydrogen (secondary N) is 2. The third-order valence-electron chi connectivity index (χ3n) is 3.68. The maximum atomic E-state index is 12.1. The Labute approximate surface area is 121 Å². The van der Waals surface area contributed by atoms with Gasteiger partial charge < -0.3 is 10.4 Å². The molecule has 0 aliphatic heterocycles. The maximum Gasteiger partial charge on any atom is 0.291 e. The molecule has 1 aliphatic rings. The van der Waals surface area contributed by atoms with Crippen LogP contribution in [0.25, 0.3) is 0 Å². The van der Waals surface area contributed by atoms with Gasteiger partial charge >= 0.3 is 0 Å². The first-order valence-corrected chi connectivity index (χ1v) is 7.04. The van der Waals surface area contributed by atoms with Crippen molar-refractivity contribution in [1.82, 2.24) is 30.3 Å². The van der Waals surface area contributed by atoms with E-state index in [2.05, 4.69) is 25.6 Å². The van der Waals surface area contributed by atoms with Gasteiger partial charge in [0.05, 0.1) is 25.4 Å². The molecule has 3 N–H and O–H groups in total. The lowest BCUT2D eigenvalue weighted by Gasteiger charge is -2.23. The Morgan fingerprint density at radius 2 is 2.48 bits per heavy atom. The summed E-state index contributed by atoms with van der Waals surface area (Å²) < 4.78 is 1.81. The van der Waals surface area contributed by atoms with Gasteiger partial charge in [0.2, 0.25) is 5.82 Å². The number of amides is 1. The predicted molar refractivity (Wildman–Crippen MR) is 73.6 cm³/mol. The molecular weight excluding hydrogens is 272 g/mol. The molecule has 2 aromatic heterocycles. The monoisotopic (exact) mass is 290 g/mol. The molecule has 8 nitrogen and oxygen atoms in total. The summed E-state index contributed by atoms with van der Waals surface area (Å²) in [5.74, 6) is 0.481. The molecule has 0 saturated heterocycles. The molecule has 0 saturated carbocycles. The SMILES string of the molecule is Cc1nc(C(=O)NC2CCCc3c2cnn3CCO)n[nH]1. The van der Waals surface area contributed by atoms with Gasteiger partial charge in [-0.25, -0.2) is 4.98 Å². The zero-order valence-corrected chi connectivity index (χ0v) is 11.8. The number of aliphatic hydroxyl groups is 1. The Hall–Kier alpha value is -2.22. The summed E-state index contributed by atoms with van der Waals surface area (Å²) >= 11 is 0. The van der Waals surface area contributed by atoms with E-state index < -0.39 is 0 Å². The number of carbonyl (C=O) groups is 1. The van der Waals surface area contributed by atoms with Gasteiger partial charge in [0.15, 0.2) is 0 Å². The normalized spacial score (nSPS) is 17.5. The zero-order valence-electron chi connectivity index (χ0n) is 11.8. The highest BCUT2D eigenvalue weighted by molar-refractivity contribution is 5.90. The number of aromatic nitrogens is 5. The van der Waals surface area contributed by atoms with E-state index in [4.69, 9.17) is 5.11 Å². The molecule has 21 heavy (non-hydrogen) atoms. The number of rotatable bonds is 4. The fraction of sp³-hybridized carbons (Fsp3) is 0.538. The van der Waals surface area contributed by atoms with Crippen LogP contribution in [0.5, 0.6) is 0 Å². The molecule has 1 aliphatic carbocycles. The molecule has 0 fully saturated rings. The number of aryl methyl sites for hydroxylation is 1. The van der Waals surface area contributed by atoms with Crippen molar-refractivity contribution in [3.63, 3.8) is 0 Å². The molecule has 8 heteroatoms. The fourth-order valence-corrected chi connectivity index (χ4v) is 2.72. The minimum atomic E-state index is -0.285. The standard InChI is InChI=1S/C13H18N6O2/c1-8-15-12(18-17-8)13(21)16-10-3-2-4-11-9(10)7-14-19(11)5-6-20/h7,10,20H,2-6H2,1H3,(H,16,21)(H,15,17,18). The number of aliphatic hydroxyl groups excluding tert-OH is 1. The smallest absolute Gasteiger partial charge is 0.291 e. The second-order valence-electron chi connectivity index (χ2n) is 5.16. The summed E-state index contributed by atoms with van der Waals surface area (Å²) in [6.45, 7) is 2.29. The second kappa shape index (κ2) is 5.65. The average Bonchev–Trinajstić information content (AvgIpc) is 3.07. The second-order valence-corrected chi connectivity index (χ2v) is 5.16. The van der Waals surface area contributed by atoms with E-state index >= 15 is 0 Å². The van der Waals surface area contributed by atoms with Crippen LogP contribution in [0.3, 0.4) is 0 Å². The Bertz CT molecular complexity index is 647. The number of hydrogen-bond donors (Lipinski definition) is 3. The molecule has 1 atom stereocenters. The topological polar surface area (TPSA) is 109 Å². The molecule has 1 amide bonds. The lowest BCUT2D eigenvalue weighted by Crippen LogP contribution is -2.31. The number of fused-ring (bicyclic) bond motifs is 1. The molecular formula is C13H18N6O2. The molecule has 2 aromatic rings. The van der Waals surface area contributed by atoms with Crippen molar-refractivity contribution in [3.8, 4) is 0 Å². The van der Waals surface area contributed by atoms with E-state index in [0.717, 1.165) is 30.5 Å². The van der Waals surface area contributed by atoms with Crippen molar-refractivity contribution in [2.75, 3.05) is 6.61 Å². The van der Waals surface area contributed by atoms with Crippen LogP contribution in [0.15, 0.2) is 6.20 Å². The van der Waals surface area contributed by atoms with Gasteiger partial charge in [0, 0.05) is 11.3 Å². The van der Waals surface area contributed by atoms with Gasteiger partial charge in [-0.15, -0.1) is 5.10 Å². The van der Waals surface area contributed by atoms with Crippen LogP contribution in [0.2, 0.25) is 0 Å². The predicted octanol–water partition coefficient (Wildman–Crippen LogP) is 0.109. The van der Waals surface area contributed by atoms with Gasteiger partial charge in [-0.3, -0.25) is 14.6 Å². The maximum absolute atomic E-state index is 12.1. The van der Waals surface area contributed by atoms with Crippen molar-refractivity contribution in [1.29, 1.82) is 0 Å². The number of H-pyrrole nitrogens is 1. The van der Waals surface area contributed by atoms with E-state index in [9.17, 15) is 4.79 Å². The van der Waals surface area contributed by atoms with E-state index in [1.54, 1.807) is 13.1 Å². The number of hydrogen-bond acceptors (Lipinski definition) is 5. The largest absolute Gasteiger partial charge is 0.394 e. The summed E-state index contributed by atoms with van der Waals surface area (Å²) in [6.07, 6.45) is 4.54. The van der Waals surface area contributed by atoms with Crippen molar-refractivity contribution in [3.05, 3.63) is 29.1 Å². The molecule has 1 unspecified atom stereocenters. The van der Waals surface area contributed by atoms with Crippen LogP contribution in [0.4, 0.5) is 0 Å². The van der Waals surface area contributed by atoms with Crippen LogP contribution >= 0.6 is 0 Å². The Balaban J connectivity index is 1.77. The highest BCUT2D eigenvalue weighted by Gasteiger charge is 2.26. The van der Waals surface area contributed by atoms with Crippen LogP contribution in [-0.4, -0.2) is 42.6 Å².